The number of hydrogen-bond acceptors (Lipinski definition) is 3. The van der Waals surface area contributed by atoms with Gasteiger partial charge in [0.05, 0.1) is 6.61 Å². The average Bonchev–Trinajstić information content (AvgIpc) is 2.67. The van der Waals surface area contributed by atoms with Crippen molar-refractivity contribution in [2.45, 2.75) is 13.0 Å². The molecule has 0 saturated carbocycles. The summed E-state index contributed by atoms with van der Waals surface area (Å²) in [5, 5.41) is 0. The molecule has 1 aromatic carbocycles. The van der Waals surface area contributed by atoms with Crippen LogP contribution in [0, 0.1) is 0 Å². The quantitative estimate of drug-likeness (QED) is 0.758. The van der Waals surface area contributed by atoms with Gasteiger partial charge >= 0.3 is 5.97 Å². The summed E-state index contributed by atoms with van der Waals surface area (Å²) in [7, 11) is 1.61. The second kappa shape index (κ2) is 5.04. The van der Waals surface area contributed by atoms with Crippen LogP contribution in [0.3, 0.4) is 0 Å². The van der Waals surface area contributed by atoms with Crippen LogP contribution in [0.2, 0.25) is 0 Å². The van der Waals surface area contributed by atoms with Crippen molar-refractivity contribution in [1.29, 1.82) is 0 Å². The van der Waals surface area contributed by atoms with Crippen LogP contribution in [-0.4, -0.2) is 36.5 Å². The van der Waals surface area contributed by atoms with Crippen LogP contribution < -0.4 is 0 Å². The van der Waals surface area contributed by atoms with Crippen LogP contribution in [-0.2, 0) is 14.3 Å². The third-order valence-corrected chi connectivity index (χ3v) is 2.93. The summed E-state index contributed by atoms with van der Waals surface area (Å²) in [6.45, 7) is 2.06. The molecule has 1 unspecified atom stereocenters. The molecule has 0 bridgehead atoms. The van der Waals surface area contributed by atoms with Gasteiger partial charge in [0.15, 0.2) is 6.04 Å². The molecule has 1 amide bonds. The molecule has 0 N–H and O–H groups in total. The van der Waals surface area contributed by atoms with Crippen molar-refractivity contribution in [3.63, 3.8) is 0 Å². The van der Waals surface area contributed by atoms with Gasteiger partial charge in [-0.1, -0.05) is 30.3 Å². The molecule has 0 aliphatic carbocycles. The van der Waals surface area contributed by atoms with E-state index in [4.69, 9.17) is 4.74 Å². The lowest BCUT2D eigenvalue weighted by Gasteiger charge is -2.21. The Bertz CT molecular complexity index is 493. The van der Waals surface area contributed by atoms with E-state index in [1.54, 1.807) is 14.0 Å². The van der Waals surface area contributed by atoms with Gasteiger partial charge in [-0.25, -0.2) is 4.79 Å². The van der Waals surface area contributed by atoms with Crippen molar-refractivity contribution < 1.29 is 14.3 Å². The van der Waals surface area contributed by atoms with Gasteiger partial charge in [-0.05, 0) is 18.1 Å². The van der Waals surface area contributed by atoms with Crippen LogP contribution >= 0.6 is 0 Å². The molecular weight excluding hydrogens is 230 g/mol. The van der Waals surface area contributed by atoms with E-state index in [2.05, 4.69) is 0 Å². The van der Waals surface area contributed by atoms with E-state index in [0.717, 1.165) is 5.56 Å². The first-order valence-corrected chi connectivity index (χ1v) is 5.85. The van der Waals surface area contributed by atoms with Gasteiger partial charge < -0.3 is 9.64 Å². The van der Waals surface area contributed by atoms with Crippen molar-refractivity contribution in [2.24, 2.45) is 0 Å². The van der Waals surface area contributed by atoms with Gasteiger partial charge in [0.1, 0.15) is 0 Å². The van der Waals surface area contributed by atoms with E-state index in [0.29, 0.717) is 12.2 Å². The molecule has 0 aromatic heterocycles. The second-order valence-corrected chi connectivity index (χ2v) is 4.07. The number of hydrogen-bond donors (Lipinski definition) is 0. The zero-order valence-corrected chi connectivity index (χ0v) is 10.4. The Hall–Kier alpha value is -2.10. The predicted octanol–water partition coefficient (Wildman–Crippen LogP) is 1.47. The molecule has 1 aromatic rings. The summed E-state index contributed by atoms with van der Waals surface area (Å²) in [5.41, 5.74) is 1.56. The zero-order valence-electron chi connectivity index (χ0n) is 10.4. The van der Waals surface area contributed by atoms with Crippen LogP contribution in [0.25, 0.3) is 5.57 Å². The number of carbonyl (C=O) groups is 2. The van der Waals surface area contributed by atoms with Gasteiger partial charge in [0.2, 0.25) is 5.91 Å². The first-order chi connectivity index (χ1) is 8.65. The molecule has 4 nitrogen and oxygen atoms in total. The molecule has 0 radical (unpaired) electrons. The molecule has 0 spiro atoms. The van der Waals surface area contributed by atoms with Crippen LogP contribution in [0.1, 0.15) is 12.5 Å². The number of nitrogens with zero attached hydrogens (tertiary/aromatic N) is 1. The number of likely N-dealkylation sites (N-methyl/N-ethyl adjacent to an activating group) is 1. The molecule has 2 rings (SSSR count). The third kappa shape index (κ3) is 2.14. The van der Waals surface area contributed by atoms with E-state index < -0.39 is 6.04 Å². The van der Waals surface area contributed by atoms with Crippen molar-refractivity contribution in [3.8, 4) is 0 Å². The lowest BCUT2D eigenvalue weighted by atomic mass is 10.0. The van der Waals surface area contributed by atoms with E-state index >= 15 is 0 Å². The number of amides is 1. The van der Waals surface area contributed by atoms with Crippen molar-refractivity contribution in [1.82, 2.24) is 4.90 Å². The van der Waals surface area contributed by atoms with Gasteiger partial charge in [0, 0.05) is 13.1 Å². The Balaban J connectivity index is 2.35. The molecule has 1 aliphatic heterocycles. The Labute approximate surface area is 106 Å². The molecule has 4 heteroatoms. The van der Waals surface area contributed by atoms with Crippen LogP contribution in [0.15, 0.2) is 36.4 Å². The summed E-state index contributed by atoms with van der Waals surface area (Å²) < 4.78 is 5.02. The lowest BCUT2D eigenvalue weighted by Crippen LogP contribution is -2.38. The number of carbonyl (C=O) groups excluding carboxylic acids is 2. The van der Waals surface area contributed by atoms with Gasteiger partial charge in [0.25, 0.3) is 0 Å². The topological polar surface area (TPSA) is 46.6 Å². The van der Waals surface area contributed by atoms with E-state index in [1.807, 2.05) is 30.3 Å². The van der Waals surface area contributed by atoms with Crippen LogP contribution in [0.4, 0.5) is 0 Å². The minimum atomic E-state index is -0.639. The summed E-state index contributed by atoms with van der Waals surface area (Å²) in [5.74, 6) is -0.562. The molecule has 1 atom stereocenters. The first kappa shape index (κ1) is 12.4. The highest BCUT2D eigenvalue weighted by Gasteiger charge is 2.37. The van der Waals surface area contributed by atoms with Crippen LogP contribution in [0.5, 0.6) is 0 Å². The fraction of sp³-hybridized carbons (Fsp3) is 0.286. The maximum Gasteiger partial charge on any atom is 0.333 e. The summed E-state index contributed by atoms with van der Waals surface area (Å²) in [6.07, 6.45) is 1.50. The highest BCUT2D eigenvalue weighted by atomic mass is 16.5. The maximum atomic E-state index is 11.9. The summed E-state index contributed by atoms with van der Waals surface area (Å²) in [4.78, 5) is 25.0. The summed E-state index contributed by atoms with van der Waals surface area (Å²) >= 11 is 0. The number of ether oxygens (including phenoxy) is 1. The van der Waals surface area contributed by atoms with Crippen molar-refractivity contribution in [2.75, 3.05) is 13.7 Å². The molecule has 1 heterocycles. The molecule has 1 aliphatic rings. The Morgan fingerprint density at radius 1 is 1.33 bits per heavy atom. The number of benzene rings is 1. The standard InChI is InChI=1S/C14H15NO3/c1-3-18-14(17)13-11(9-12(16)15(13)2)10-7-5-4-6-8-10/h4-9,13H,3H2,1-2H3. The lowest BCUT2D eigenvalue weighted by molar-refractivity contribution is -0.149. The summed E-state index contributed by atoms with van der Waals surface area (Å²) in [6, 6.07) is 8.77. The van der Waals surface area contributed by atoms with Gasteiger partial charge in [-0.15, -0.1) is 0 Å². The fourth-order valence-corrected chi connectivity index (χ4v) is 2.03. The first-order valence-electron chi connectivity index (χ1n) is 5.85. The minimum absolute atomic E-state index is 0.174. The molecule has 94 valence electrons. The largest absolute Gasteiger partial charge is 0.464 e. The highest BCUT2D eigenvalue weighted by molar-refractivity contribution is 6.09. The Kier molecular flexibility index (Phi) is 3.46. The second-order valence-electron chi connectivity index (χ2n) is 4.07. The average molecular weight is 245 g/mol. The zero-order chi connectivity index (χ0) is 13.1. The molecular formula is C14H15NO3. The van der Waals surface area contributed by atoms with Gasteiger partial charge in [-0.3, -0.25) is 4.79 Å². The van der Waals surface area contributed by atoms with Gasteiger partial charge in [-0.2, -0.15) is 0 Å². The Morgan fingerprint density at radius 2 is 2.00 bits per heavy atom. The normalized spacial score (nSPS) is 18.8. The van der Waals surface area contributed by atoms with E-state index in [9.17, 15) is 9.59 Å². The van der Waals surface area contributed by atoms with Crippen molar-refractivity contribution in [3.05, 3.63) is 42.0 Å². The van der Waals surface area contributed by atoms with Crippen molar-refractivity contribution >= 4 is 17.4 Å². The smallest absolute Gasteiger partial charge is 0.333 e. The monoisotopic (exact) mass is 245 g/mol. The predicted molar refractivity (Wildman–Crippen MR) is 67.6 cm³/mol. The molecule has 0 saturated heterocycles. The van der Waals surface area contributed by atoms with E-state index in [1.165, 1.54) is 11.0 Å². The highest BCUT2D eigenvalue weighted by Crippen LogP contribution is 2.28. The number of rotatable bonds is 3. The number of esters is 1. The maximum absolute atomic E-state index is 11.9. The molecule has 18 heavy (non-hydrogen) atoms. The molecule has 0 fully saturated rings. The SMILES string of the molecule is CCOC(=O)C1C(c2ccccc2)=CC(=O)N1C. The fourth-order valence-electron chi connectivity index (χ4n) is 2.03. The third-order valence-electron chi connectivity index (χ3n) is 2.93. The minimum Gasteiger partial charge on any atom is -0.464 e. The Morgan fingerprint density at radius 3 is 2.61 bits per heavy atom. The van der Waals surface area contributed by atoms with E-state index in [-0.39, 0.29) is 11.9 Å².